The summed E-state index contributed by atoms with van der Waals surface area (Å²) in [6.45, 7) is 4.24. The van der Waals surface area contributed by atoms with Gasteiger partial charge in [-0.2, -0.15) is 0 Å². The Morgan fingerprint density at radius 2 is 2.23 bits per heavy atom. The first kappa shape index (κ1) is 10.9. The Balaban J connectivity index is 2.44. The molecule has 0 aliphatic carbocycles. The fraction of sp³-hybridized carbons (Fsp3) is 1.00. The summed E-state index contributed by atoms with van der Waals surface area (Å²) in [5, 5.41) is 0. The quantitative estimate of drug-likeness (QED) is 0.673. The van der Waals surface area contributed by atoms with E-state index in [9.17, 15) is 8.42 Å². The van der Waals surface area contributed by atoms with Crippen LogP contribution in [0.5, 0.6) is 0 Å². The van der Waals surface area contributed by atoms with Crippen LogP contribution in [0.3, 0.4) is 0 Å². The molecule has 1 heterocycles. The van der Waals surface area contributed by atoms with E-state index in [-0.39, 0.29) is 6.04 Å². The molecule has 1 aliphatic rings. The highest BCUT2D eigenvalue weighted by Gasteiger charge is 2.27. The molecule has 0 spiro atoms. The van der Waals surface area contributed by atoms with Crippen molar-refractivity contribution in [2.24, 2.45) is 5.73 Å². The Morgan fingerprint density at radius 3 is 2.77 bits per heavy atom. The maximum atomic E-state index is 11.2. The van der Waals surface area contributed by atoms with Crippen molar-refractivity contribution >= 4 is 9.84 Å². The lowest BCUT2D eigenvalue weighted by Gasteiger charge is -2.32. The average Bonchev–Trinajstić information content (AvgIpc) is 2.02. The summed E-state index contributed by atoms with van der Waals surface area (Å²) in [5.74, 6) is 0.611. The van der Waals surface area contributed by atoms with E-state index in [2.05, 4.69) is 4.90 Å². The van der Waals surface area contributed by atoms with Gasteiger partial charge in [0, 0.05) is 12.6 Å². The van der Waals surface area contributed by atoms with Gasteiger partial charge in [-0.3, -0.25) is 4.90 Å². The molecule has 1 aliphatic heterocycles. The highest BCUT2D eigenvalue weighted by atomic mass is 32.2. The van der Waals surface area contributed by atoms with Gasteiger partial charge in [0.15, 0.2) is 9.84 Å². The number of nitrogens with zero attached hydrogens (tertiary/aromatic N) is 1. The second-order valence-corrected chi connectivity index (χ2v) is 5.87. The van der Waals surface area contributed by atoms with Crippen LogP contribution in [0.1, 0.15) is 13.3 Å². The maximum absolute atomic E-state index is 11.2. The Bertz CT molecular complexity index is 251. The Morgan fingerprint density at radius 1 is 1.54 bits per heavy atom. The number of hydrogen-bond donors (Lipinski definition) is 1. The van der Waals surface area contributed by atoms with Crippen molar-refractivity contribution in [3.8, 4) is 0 Å². The molecule has 0 aromatic heterocycles. The van der Waals surface area contributed by atoms with Gasteiger partial charge in [-0.15, -0.1) is 0 Å². The maximum Gasteiger partial charge on any atom is 0.153 e. The molecule has 0 amide bonds. The molecule has 0 aromatic rings. The fourth-order valence-electron chi connectivity index (χ4n) is 1.66. The van der Waals surface area contributed by atoms with Crippen molar-refractivity contribution in [3.63, 3.8) is 0 Å². The van der Waals surface area contributed by atoms with Crippen molar-refractivity contribution < 1.29 is 8.42 Å². The van der Waals surface area contributed by atoms with Crippen LogP contribution in [0.15, 0.2) is 0 Å². The second-order valence-electron chi connectivity index (χ2n) is 3.64. The summed E-state index contributed by atoms with van der Waals surface area (Å²) < 4.78 is 22.5. The first-order valence-corrected chi connectivity index (χ1v) is 6.52. The van der Waals surface area contributed by atoms with Gasteiger partial charge in [-0.25, -0.2) is 8.42 Å². The van der Waals surface area contributed by atoms with Gasteiger partial charge in [0.05, 0.1) is 11.5 Å². The van der Waals surface area contributed by atoms with Crippen LogP contribution in [0.2, 0.25) is 0 Å². The van der Waals surface area contributed by atoms with Gasteiger partial charge in [-0.05, 0) is 26.4 Å². The molecule has 0 saturated carbocycles. The molecular formula is C8H18N2O2S. The number of rotatable bonds is 3. The first-order valence-electron chi connectivity index (χ1n) is 4.70. The minimum Gasteiger partial charge on any atom is -0.330 e. The molecule has 1 saturated heterocycles. The number of nitrogens with two attached hydrogens (primary N) is 1. The third-order valence-corrected chi connectivity index (χ3v) is 4.25. The van der Waals surface area contributed by atoms with Gasteiger partial charge < -0.3 is 5.73 Å². The lowest BCUT2D eigenvalue weighted by molar-refractivity contribution is 0.225. The molecule has 1 fully saturated rings. The minimum absolute atomic E-state index is 0.158. The normalized spacial score (nSPS) is 28.9. The SMILES string of the molecule is CC1CS(=O)(=O)CCN1CCCN. The Labute approximate surface area is 80.0 Å². The zero-order chi connectivity index (χ0) is 9.90. The van der Waals surface area contributed by atoms with Gasteiger partial charge >= 0.3 is 0 Å². The van der Waals surface area contributed by atoms with Crippen LogP contribution in [0.4, 0.5) is 0 Å². The average molecular weight is 206 g/mol. The molecule has 0 bridgehead atoms. The Hall–Kier alpha value is -0.130. The summed E-state index contributed by atoms with van der Waals surface area (Å²) in [6, 6.07) is 0.158. The Kier molecular flexibility index (Phi) is 3.70. The number of hydrogen-bond acceptors (Lipinski definition) is 4. The molecular weight excluding hydrogens is 188 g/mol. The molecule has 1 unspecified atom stereocenters. The zero-order valence-electron chi connectivity index (χ0n) is 8.07. The largest absolute Gasteiger partial charge is 0.330 e. The smallest absolute Gasteiger partial charge is 0.153 e. The van der Waals surface area contributed by atoms with E-state index < -0.39 is 9.84 Å². The van der Waals surface area contributed by atoms with E-state index in [0.29, 0.717) is 24.6 Å². The zero-order valence-corrected chi connectivity index (χ0v) is 8.89. The molecule has 0 aromatic carbocycles. The molecule has 5 heteroatoms. The van der Waals surface area contributed by atoms with E-state index in [1.165, 1.54) is 0 Å². The van der Waals surface area contributed by atoms with Crippen molar-refractivity contribution in [1.82, 2.24) is 4.90 Å². The van der Waals surface area contributed by atoms with Crippen LogP contribution in [-0.2, 0) is 9.84 Å². The van der Waals surface area contributed by atoms with E-state index in [1.54, 1.807) is 0 Å². The van der Waals surface area contributed by atoms with Crippen molar-refractivity contribution in [1.29, 1.82) is 0 Å². The predicted molar refractivity (Wildman–Crippen MR) is 53.4 cm³/mol. The second kappa shape index (κ2) is 4.39. The topological polar surface area (TPSA) is 63.4 Å². The van der Waals surface area contributed by atoms with Crippen LogP contribution < -0.4 is 5.73 Å². The van der Waals surface area contributed by atoms with Crippen molar-refractivity contribution in [3.05, 3.63) is 0 Å². The van der Waals surface area contributed by atoms with Crippen LogP contribution >= 0.6 is 0 Å². The summed E-state index contributed by atoms with van der Waals surface area (Å²) in [7, 11) is -2.76. The van der Waals surface area contributed by atoms with E-state index in [1.807, 2.05) is 6.92 Å². The van der Waals surface area contributed by atoms with Crippen LogP contribution in [0.25, 0.3) is 0 Å². The summed E-state index contributed by atoms with van der Waals surface area (Å²) in [6.07, 6.45) is 0.949. The van der Waals surface area contributed by atoms with E-state index in [4.69, 9.17) is 5.73 Å². The molecule has 78 valence electrons. The van der Waals surface area contributed by atoms with Gasteiger partial charge in [0.1, 0.15) is 0 Å². The van der Waals surface area contributed by atoms with Gasteiger partial charge in [0.2, 0.25) is 0 Å². The lowest BCUT2D eigenvalue weighted by Crippen LogP contribution is -2.47. The summed E-state index contributed by atoms with van der Waals surface area (Å²) in [5.41, 5.74) is 5.40. The van der Waals surface area contributed by atoms with Crippen molar-refractivity contribution in [2.75, 3.05) is 31.1 Å². The molecule has 1 rings (SSSR count). The monoisotopic (exact) mass is 206 g/mol. The van der Waals surface area contributed by atoms with Gasteiger partial charge in [-0.1, -0.05) is 0 Å². The highest BCUT2D eigenvalue weighted by Crippen LogP contribution is 2.11. The van der Waals surface area contributed by atoms with Crippen molar-refractivity contribution in [2.45, 2.75) is 19.4 Å². The van der Waals surface area contributed by atoms with Crippen LogP contribution in [0, 0.1) is 0 Å². The van der Waals surface area contributed by atoms with E-state index >= 15 is 0 Å². The third kappa shape index (κ3) is 3.25. The molecule has 0 radical (unpaired) electrons. The highest BCUT2D eigenvalue weighted by molar-refractivity contribution is 7.91. The standard InChI is InChI=1S/C8H18N2O2S/c1-8-7-13(11,12)6-5-10(8)4-2-3-9/h8H,2-7,9H2,1H3. The molecule has 4 nitrogen and oxygen atoms in total. The summed E-state index contributed by atoms with van der Waals surface area (Å²) >= 11 is 0. The predicted octanol–water partition coefficient (Wildman–Crippen LogP) is -0.546. The number of sulfone groups is 1. The van der Waals surface area contributed by atoms with Crippen LogP contribution in [-0.4, -0.2) is 50.5 Å². The molecule has 1 atom stereocenters. The first-order chi connectivity index (χ1) is 6.05. The lowest BCUT2D eigenvalue weighted by atomic mass is 10.3. The third-order valence-electron chi connectivity index (χ3n) is 2.46. The molecule has 2 N–H and O–H groups in total. The molecule has 13 heavy (non-hydrogen) atoms. The fourth-order valence-corrected chi connectivity index (χ4v) is 3.28. The minimum atomic E-state index is -2.76. The van der Waals surface area contributed by atoms with Gasteiger partial charge in [0.25, 0.3) is 0 Å². The van der Waals surface area contributed by atoms with E-state index in [0.717, 1.165) is 13.0 Å². The summed E-state index contributed by atoms with van der Waals surface area (Å²) in [4.78, 5) is 2.20.